The zero-order valence-electron chi connectivity index (χ0n) is 18.4. The van der Waals surface area contributed by atoms with Gasteiger partial charge in [-0.3, -0.25) is 0 Å². The maximum atomic E-state index is 14.5. The molecule has 0 aliphatic heterocycles. The molecule has 5 nitrogen and oxygen atoms in total. The van der Waals surface area contributed by atoms with Gasteiger partial charge in [0.15, 0.2) is 0 Å². The van der Waals surface area contributed by atoms with Crippen molar-refractivity contribution in [2.45, 2.75) is 82.1 Å². The molecule has 0 rings (SSSR count). The second-order valence-electron chi connectivity index (χ2n) is 8.08. The number of hydrogen-bond donors (Lipinski definition) is 1. The number of ether oxygens (including phenoxy) is 2. The number of halogens is 13. The van der Waals surface area contributed by atoms with Gasteiger partial charge < -0.3 is 14.8 Å². The summed E-state index contributed by atoms with van der Waals surface area (Å²) in [4.78, 5) is 23.7. The number of alkyl carbamates (subject to hydrolysis) is 1. The van der Waals surface area contributed by atoms with E-state index in [1.807, 2.05) is 0 Å². The van der Waals surface area contributed by atoms with Gasteiger partial charge in [-0.15, -0.1) is 0 Å². The quantitative estimate of drug-likeness (QED) is 0.291. The Kier molecular flexibility index (Phi) is 9.10. The number of amides is 1. The molecule has 0 spiro atoms. The summed E-state index contributed by atoms with van der Waals surface area (Å²) in [7, 11) is 0. The van der Waals surface area contributed by atoms with E-state index in [4.69, 9.17) is 0 Å². The van der Waals surface area contributed by atoms with Crippen molar-refractivity contribution in [1.82, 2.24) is 5.32 Å². The third kappa shape index (κ3) is 5.98. The summed E-state index contributed by atoms with van der Waals surface area (Å²) >= 11 is 0. The summed E-state index contributed by atoms with van der Waals surface area (Å²) in [6.45, 7) is 3.77. The number of hydrogen-bond acceptors (Lipinski definition) is 4. The van der Waals surface area contributed by atoms with Crippen LogP contribution >= 0.6 is 0 Å². The van der Waals surface area contributed by atoms with Crippen LogP contribution in [0.4, 0.5) is 61.9 Å². The van der Waals surface area contributed by atoms with E-state index in [9.17, 15) is 66.7 Å². The zero-order chi connectivity index (χ0) is 28.6. The smallest absolute Gasteiger partial charge is 0.460 e. The average molecular weight is 549 g/mol. The number of alkyl halides is 13. The van der Waals surface area contributed by atoms with Gasteiger partial charge in [-0.1, -0.05) is 6.92 Å². The van der Waals surface area contributed by atoms with Crippen LogP contribution in [0.1, 0.15) is 34.6 Å². The standard InChI is InChI=1S/C17H20F13NO4/c1-6-34-9(32)8(31-10(33)35-11(3,4)5)7(2)12(18,19)13(20,21)14(22,23)15(24,25)16(26,27)17(28,29)30/h7-8H,6H2,1-5H3,(H,31,33). The predicted octanol–water partition coefficient (Wildman–Crippen LogP) is 5.82. The highest BCUT2D eigenvalue weighted by Crippen LogP contribution is 2.61. The van der Waals surface area contributed by atoms with Gasteiger partial charge in [-0.25, -0.2) is 9.59 Å². The first kappa shape index (κ1) is 32.8. The highest BCUT2D eigenvalue weighted by Gasteiger charge is 2.91. The molecule has 1 N–H and O–H groups in total. The highest BCUT2D eigenvalue weighted by atomic mass is 19.4. The largest absolute Gasteiger partial charge is 0.464 e. The molecule has 0 bridgehead atoms. The SMILES string of the molecule is CCOC(=O)C(NC(=O)OC(C)(C)C)C(C)C(F)(F)C(F)(F)C(F)(F)C(F)(F)C(F)(F)C(F)(F)F. The normalized spacial score (nSPS) is 16.4. The van der Waals surface area contributed by atoms with Gasteiger partial charge in [-0.05, 0) is 27.7 Å². The Labute approximate surface area is 189 Å². The van der Waals surface area contributed by atoms with Crippen LogP contribution in [0.5, 0.6) is 0 Å². The molecule has 0 aromatic carbocycles. The molecular weight excluding hydrogens is 529 g/mol. The molecule has 208 valence electrons. The lowest BCUT2D eigenvalue weighted by atomic mass is 9.84. The number of rotatable bonds is 9. The summed E-state index contributed by atoms with van der Waals surface area (Å²) in [6.07, 6.45) is -9.34. The monoisotopic (exact) mass is 549 g/mol. The summed E-state index contributed by atoms with van der Waals surface area (Å²) in [5, 5.41) is 1.27. The van der Waals surface area contributed by atoms with E-state index in [0.29, 0.717) is 0 Å². The van der Waals surface area contributed by atoms with Crippen molar-refractivity contribution < 1.29 is 76.1 Å². The van der Waals surface area contributed by atoms with Gasteiger partial charge in [0.1, 0.15) is 11.6 Å². The maximum absolute atomic E-state index is 14.5. The van der Waals surface area contributed by atoms with E-state index >= 15 is 0 Å². The fraction of sp³-hybridized carbons (Fsp3) is 0.882. The molecule has 2 unspecified atom stereocenters. The van der Waals surface area contributed by atoms with E-state index in [-0.39, 0.29) is 6.92 Å². The number of carbonyl (C=O) groups excluding carboxylic acids is 2. The second kappa shape index (κ2) is 9.71. The molecule has 0 saturated heterocycles. The van der Waals surface area contributed by atoms with Crippen LogP contribution in [0, 0.1) is 5.92 Å². The van der Waals surface area contributed by atoms with Crippen molar-refractivity contribution in [1.29, 1.82) is 0 Å². The highest BCUT2D eigenvalue weighted by molar-refractivity contribution is 5.82. The van der Waals surface area contributed by atoms with Gasteiger partial charge in [0.05, 0.1) is 12.5 Å². The van der Waals surface area contributed by atoms with Crippen LogP contribution in [-0.2, 0) is 14.3 Å². The lowest BCUT2D eigenvalue weighted by molar-refractivity contribution is -0.443. The molecule has 0 radical (unpaired) electrons. The van der Waals surface area contributed by atoms with Crippen LogP contribution < -0.4 is 5.32 Å². The van der Waals surface area contributed by atoms with Gasteiger partial charge in [0.25, 0.3) is 0 Å². The Morgan fingerprint density at radius 2 is 1.14 bits per heavy atom. The fourth-order valence-corrected chi connectivity index (χ4v) is 2.33. The Morgan fingerprint density at radius 3 is 1.49 bits per heavy atom. The summed E-state index contributed by atoms with van der Waals surface area (Å²) in [6, 6.07) is -3.04. The van der Waals surface area contributed by atoms with Crippen molar-refractivity contribution in [3.63, 3.8) is 0 Å². The van der Waals surface area contributed by atoms with Crippen LogP contribution in [-0.4, -0.2) is 66.1 Å². The molecule has 0 aliphatic carbocycles. The second-order valence-corrected chi connectivity index (χ2v) is 8.08. The molecule has 0 aromatic heterocycles. The minimum Gasteiger partial charge on any atom is -0.464 e. The van der Waals surface area contributed by atoms with E-state index in [1.165, 1.54) is 26.1 Å². The number of carbonyl (C=O) groups is 2. The topological polar surface area (TPSA) is 64.6 Å². The van der Waals surface area contributed by atoms with Crippen molar-refractivity contribution in [2.24, 2.45) is 5.92 Å². The van der Waals surface area contributed by atoms with Crippen molar-refractivity contribution in [3.8, 4) is 0 Å². The van der Waals surface area contributed by atoms with E-state index in [1.54, 1.807) is 0 Å². The Balaban J connectivity index is 6.56. The Hall–Kier alpha value is -2.17. The summed E-state index contributed by atoms with van der Waals surface area (Å²) < 4.78 is 183. The third-order valence-corrected chi connectivity index (χ3v) is 4.24. The number of nitrogens with one attached hydrogen (secondary N) is 1. The molecular formula is C17H20F13NO4. The van der Waals surface area contributed by atoms with E-state index in [2.05, 4.69) is 9.47 Å². The molecule has 0 aliphatic rings. The Morgan fingerprint density at radius 1 is 0.743 bits per heavy atom. The fourth-order valence-electron chi connectivity index (χ4n) is 2.33. The van der Waals surface area contributed by atoms with Crippen molar-refractivity contribution in [3.05, 3.63) is 0 Å². The zero-order valence-corrected chi connectivity index (χ0v) is 18.4. The summed E-state index contributed by atoms with van der Waals surface area (Å²) in [5.74, 6) is -43.9. The average Bonchev–Trinajstić information content (AvgIpc) is 2.62. The van der Waals surface area contributed by atoms with Crippen LogP contribution in [0.25, 0.3) is 0 Å². The lowest BCUT2D eigenvalue weighted by Gasteiger charge is -2.42. The minimum absolute atomic E-state index is 0.178. The van der Waals surface area contributed by atoms with Crippen LogP contribution in [0.2, 0.25) is 0 Å². The van der Waals surface area contributed by atoms with Crippen molar-refractivity contribution >= 4 is 12.1 Å². The molecule has 2 atom stereocenters. The first-order valence-electron chi connectivity index (χ1n) is 9.25. The molecule has 18 heteroatoms. The summed E-state index contributed by atoms with van der Waals surface area (Å²) in [5.41, 5.74) is -1.41. The molecule has 0 aromatic rings. The number of esters is 1. The van der Waals surface area contributed by atoms with Crippen molar-refractivity contribution in [2.75, 3.05) is 6.61 Å². The predicted molar refractivity (Wildman–Crippen MR) is 89.7 cm³/mol. The van der Waals surface area contributed by atoms with Gasteiger partial charge in [-0.2, -0.15) is 57.1 Å². The van der Waals surface area contributed by atoms with E-state index < -0.39 is 72.0 Å². The van der Waals surface area contributed by atoms with Crippen LogP contribution in [0.3, 0.4) is 0 Å². The molecule has 35 heavy (non-hydrogen) atoms. The first-order valence-corrected chi connectivity index (χ1v) is 9.25. The van der Waals surface area contributed by atoms with E-state index in [0.717, 1.165) is 6.92 Å². The maximum Gasteiger partial charge on any atom is 0.460 e. The lowest BCUT2D eigenvalue weighted by Crippen LogP contribution is -2.72. The first-order chi connectivity index (χ1) is 15.1. The molecule has 0 saturated carbocycles. The molecule has 0 heterocycles. The minimum atomic E-state index is -8.09. The van der Waals surface area contributed by atoms with Gasteiger partial charge in [0.2, 0.25) is 0 Å². The van der Waals surface area contributed by atoms with Crippen LogP contribution in [0.15, 0.2) is 0 Å². The van der Waals surface area contributed by atoms with Gasteiger partial charge >= 0.3 is 47.9 Å². The Bertz CT molecular complexity index is 775. The third-order valence-electron chi connectivity index (χ3n) is 4.24. The van der Waals surface area contributed by atoms with Gasteiger partial charge in [0, 0.05) is 0 Å². The molecule has 0 fully saturated rings. The molecule has 1 amide bonds.